The van der Waals surface area contributed by atoms with E-state index >= 15 is 0 Å². The van der Waals surface area contributed by atoms with Gasteiger partial charge in [-0.2, -0.15) is 0 Å². The first-order valence-corrected chi connectivity index (χ1v) is 21.3. The minimum atomic E-state index is -0.824. The SMILES string of the molecule is CC1(C)c2cccc(P(c3ccccc3)c3ccccc3)c2Oc2c(P(c3ccccc3)c3ccccc3)cccc21.[Cl][Pd][Cl]. The number of hydrogen-bond donors (Lipinski definition) is 0. The van der Waals surface area contributed by atoms with Gasteiger partial charge in [0, 0.05) is 27.2 Å². The van der Waals surface area contributed by atoms with Crippen LogP contribution in [0.25, 0.3) is 0 Å². The molecule has 1 nitrogen and oxygen atoms in total. The fourth-order valence-electron chi connectivity index (χ4n) is 6.01. The maximum atomic E-state index is 7.26. The first kappa shape index (κ1) is 32.2. The molecule has 45 heavy (non-hydrogen) atoms. The number of halogens is 2. The van der Waals surface area contributed by atoms with E-state index in [4.69, 9.17) is 23.8 Å². The van der Waals surface area contributed by atoms with Crippen molar-refractivity contribution in [3.63, 3.8) is 0 Å². The average molecular weight is 756 g/mol. The number of para-hydroxylation sites is 2. The molecule has 0 aromatic heterocycles. The molecule has 0 spiro atoms. The van der Waals surface area contributed by atoms with Gasteiger partial charge in [-0.15, -0.1) is 0 Å². The van der Waals surface area contributed by atoms with Crippen LogP contribution in [0.3, 0.4) is 0 Å². The van der Waals surface area contributed by atoms with E-state index in [1.807, 2.05) is 0 Å². The number of fused-ring (bicyclic) bond motifs is 2. The van der Waals surface area contributed by atoms with Gasteiger partial charge < -0.3 is 4.74 Å². The van der Waals surface area contributed by atoms with E-state index < -0.39 is 15.8 Å². The van der Waals surface area contributed by atoms with Crippen molar-refractivity contribution in [1.82, 2.24) is 0 Å². The number of ether oxygens (including phenoxy) is 1. The van der Waals surface area contributed by atoms with E-state index in [9.17, 15) is 0 Å². The van der Waals surface area contributed by atoms with Gasteiger partial charge in [-0.25, -0.2) is 0 Å². The predicted octanol–water partition coefficient (Wildman–Crippen LogP) is 9.01. The van der Waals surface area contributed by atoms with E-state index in [1.165, 1.54) is 43.0 Å². The second kappa shape index (κ2) is 14.8. The predicted molar refractivity (Wildman–Crippen MR) is 194 cm³/mol. The normalized spacial score (nSPS) is 12.9. The van der Waals surface area contributed by atoms with Gasteiger partial charge in [0.05, 0.1) is 0 Å². The van der Waals surface area contributed by atoms with Crippen LogP contribution < -0.4 is 36.6 Å². The van der Waals surface area contributed by atoms with E-state index in [1.54, 1.807) is 0 Å². The van der Waals surface area contributed by atoms with E-state index in [2.05, 4.69) is 172 Å². The molecule has 0 saturated heterocycles. The van der Waals surface area contributed by atoms with Gasteiger partial charge in [0.1, 0.15) is 11.5 Å². The summed E-state index contributed by atoms with van der Waals surface area (Å²) in [6.45, 7) is 4.70. The Labute approximate surface area is 285 Å². The van der Waals surface area contributed by atoms with E-state index in [-0.39, 0.29) is 21.4 Å². The fourth-order valence-corrected chi connectivity index (χ4v) is 10.8. The monoisotopic (exact) mass is 754 g/mol. The molecule has 0 aliphatic carbocycles. The third-order valence-electron chi connectivity index (χ3n) is 8.08. The van der Waals surface area contributed by atoms with Crippen molar-refractivity contribution in [2.45, 2.75) is 19.3 Å². The Hall–Kier alpha value is -2.78. The molecule has 1 aliphatic rings. The summed E-state index contributed by atoms with van der Waals surface area (Å²) in [5, 5.41) is 7.81. The summed E-state index contributed by atoms with van der Waals surface area (Å²) in [5.74, 6) is 2.02. The Kier molecular flexibility index (Phi) is 10.6. The Bertz CT molecular complexity index is 1640. The molecule has 0 radical (unpaired) electrons. The van der Waals surface area contributed by atoms with Crippen molar-refractivity contribution in [3.05, 3.63) is 169 Å². The van der Waals surface area contributed by atoms with Gasteiger partial charge in [0.15, 0.2) is 0 Å². The van der Waals surface area contributed by atoms with Gasteiger partial charge in [0.25, 0.3) is 0 Å². The zero-order chi connectivity index (χ0) is 31.2. The molecule has 6 aromatic rings. The molecule has 6 heteroatoms. The number of hydrogen-bond acceptors (Lipinski definition) is 1. The summed E-state index contributed by atoms with van der Waals surface area (Å²) >= 11 is -0.106. The molecule has 1 heterocycles. The minimum absolute atomic E-state index is 0.106. The molecule has 6 aromatic carbocycles. The quantitative estimate of drug-likeness (QED) is 0.122. The van der Waals surface area contributed by atoms with Crippen LogP contribution in [0.1, 0.15) is 25.0 Å². The topological polar surface area (TPSA) is 9.23 Å². The number of rotatable bonds is 6. The van der Waals surface area contributed by atoms with Crippen molar-refractivity contribution in [1.29, 1.82) is 0 Å². The van der Waals surface area contributed by atoms with Crippen LogP contribution in [0.15, 0.2) is 158 Å². The molecular formula is C39H32Cl2OP2Pd. The van der Waals surface area contributed by atoms with Gasteiger partial charge in [-0.3, -0.25) is 0 Å². The Morgan fingerprint density at radius 3 is 1.02 bits per heavy atom. The zero-order valence-corrected chi connectivity index (χ0v) is 29.7. The number of benzene rings is 6. The third kappa shape index (κ3) is 6.71. The van der Waals surface area contributed by atoms with Gasteiger partial charge in [0.2, 0.25) is 0 Å². The molecule has 0 atom stereocenters. The Morgan fingerprint density at radius 2 is 0.733 bits per heavy atom. The second-order valence-electron chi connectivity index (χ2n) is 11.1. The summed E-state index contributed by atoms with van der Waals surface area (Å²) in [6.07, 6.45) is 0. The second-order valence-corrected chi connectivity index (χ2v) is 17.8. The summed E-state index contributed by atoms with van der Waals surface area (Å²) in [6, 6.07) is 57.2. The molecule has 7 rings (SSSR count). The molecule has 0 unspecified atom stereocenters. The van der Waals surface area contributed by atoms with Crippen LogP contribution in [-0.2, 0) is 21.4 Å². The summed E-state index contributed by atoms with van der Waals surface area (Å²) in [7, 11) is 7.98. The van der Waals surface area contributed by atoms with Crippen LogP contribution in [0.5, 0.6) is 11.5 Å². The van der Waals surface area contributed by atoms with Crippen LogP contribution in [0, 0.1) is 0 Å². The van der Waals surface area contributed by atoms with Crippen molar-refractivity contribution in [3.8, 4) is 11.5 Å². The zero-order valence-electron chi connectivity index (χ0n) is 24.9. The van der Waals surface area contributed by atoms with Crippen LogP contribution in [0.2, 0.25) is 0 Å². The van der Waals surface area contributed by atoms with Crippen LogP contribution >= 0.6 is 34.9 Å². The standard InChI is InChI=1S/C39H32OP2.2ClH.Pd/c1-39(2)33-25-15-27-35(41(29-17-7-3-8-18-29)30-19-9-4-10-20-30)37(33)40-38-34(39)26-16-28-36(38)42(31-21-11-5-12-22-31)32-23-13-6-14-24-32;;;/h3-28H,1-2H3;2*1H;/q;;;+2/p-2. The van der Waals surface area contributed by atoms with Crippen molar-refractivity contribution < 1.29 is 20.7 Å². The average Bonchev–Trinajstić information content (AvgIpc) is 3.08. The fraction of sp³-hybridized carbons (Fsp3) is 0.0769. The van der Waals surface area contributed by atoms with Gasteiger partial charge >= 0.3 is 35.0 Å². The van der Waals surface area contributed by atoms with E-state index in [0.717, 1.165) is 11.5 Å². The maximum absolute atomic E-state index is 7.26. The molecule has 0 amide bonds. The third-order valence-corrected chi connectivity index (χ3v) is 13.0. The van der Waals surface area contributed by atoms with Crippen molar-refractivity contribution in [2.75, 3.05) is 0 Å². The first-order valence-electron chi connectivity index (χ1n) is 14.6. The molecule has 0 bridgehead atoms. The first-order chi connectivity index (χ1) is 22.0. The Morgan fingerprint density at radius 1 is 0.444 bits per heavy atom. The van der Waals surface area contributed by atoms with Crippen LogP contribution in [-0.4, -0.2) is 0 Å². The molecular weight excluding hydrogens is 724 g/mol. The van der Waals surface area contributed by atoms with E-state index in [0.29, 0.717) is 0 Å². The van der Waals surface area contributed by atoms with Gasteiger partial charge in [-0.05, 0) is 37.1 Å². The van der Waals surface area contributed by atoms with Crippen molar-refractivity contribution >= 4 is 66.7 Å². The molecule has 228 valence electrons. The molecule has 0 saturated carbocycles. The molecule has 0 N–H and O–H groups in total. The summed E-state index contributed by atoms with van der Waals surface area (Å²) in [4.78, 5) is 0. The van der Waals surface area contributed by atoms with Crippen molar-refractivity contribution in [2.24, 2.45) is 0 Å². The van der Waals surface area contributed by atoms with Gasteiger partial charge in [-0.1, -0.05) is 172 Å². The Balaban J connectivity index is 0.00000115. The molecule has 1 aliphatic heterocycles. The summed E-state index contributed by atoms with van der Waals surface area (Å²) in [5.41, 5.74) is 2.26. The summed E-state index contributed by atoms with van der Waals surface area (Å²) < 4.78 is 7.26. The molecule has 0 fully saturated rings. The van der Waals surface area contributed by atoms with Crippen LogP contribution in [0.4, 0.5) is 0 Å².